The average Bonchev–Trinajstić information content (AvgIpc) is 2.27. The van der Waals surface area contributed by atoms with E-state index in [2.05, 4.69) is 0 Å². The molecule has 0 aliphatic heterocycles. The van der Waals surface area contributed by atoms with Crippen molar-refractivity contribution in [2.24, 2.45) is 0 Å². The van der Waals surface area contributed by atoms with E-state index in [1.165, 1.54) is 0 Å². The number of benzene rings is 1. The smallest absolute Gasteiger partial charge is 0.356 e. The summed E-state index contributed by atoms with van der Waals surface area (Å²) in [4.78, 5) is 22.0. The van der Waals surface area contributed by atoms with Crippen LogP contribution < -0.4 is 5.32 Å². The van der Waals surface area contributed by atoms with Crippen LogP contribution in [0.1, 0.15) is 18.9 Å². The summed E-state index contributed by atoms with van der Waals surface area (Å²) in [7, 11) is 0. The quantitative estimate of drug-likeness (QED) is 0.652. The molecule has 3 N–H and O–H groups in total. The Kier molecular flexibility index (Phi) is 4.23. The molecule has 1 atom stereocenters. The Bertz CT molecular complexity index is 400. The van der Waals surface area contributed by atoms with Crippen LogP contribution >= 0.6 is 0 Å². The minimum absolute atomic E-state index is 0.132. The third kappa shape index (κ3) is 4.24. The molecule has 1 aromatic carbocycles. The Morgan fingerprint density at radius 3 is 2.41 bits per heavy atom. The number of amides is 1. The summed E-state index contributed by atoms with van der Waals surface area (Å²) in [6.07, 6.45) is 0.635. The first kappa shape index (κ1) is 13.2. The third-order valence-electron chi connectivity index (χ3n) is 2.28. The summed E-state index contributed by atoms with van der Waals surface area (Å²) < 4.78 is 0. The fourth-order valence-electron chi connectivity index (χ4n) is 1.29. The Hall–Kier alpha value is -1.88. The molecule has 0 saturated carbocycles. The molecular weight excluding hydrogens is 222 g/mol. The van der Waals surface area contributed by atoms with Gasteiger partial charge >= 0.3 is 5.97 Å². The highest BCUT2D eigenvalue weighted by Gasteiger charge is 2.31. The van der Waals surface area contributed by atoms with Crippen molar-refractivity contribution in [1.29, 1.82) is 0 Å². The molecule has 1 aromatic rings. The van der Waals surface area contributed by atoms with Crippen molar-refractivity contribution in [2.75, 3.05) is 0 Å². The molecule has 0 aromatic heterocycles. The van der Waals surface area contributed by atoms with Crippen LogP contribution in [0.3, 0.4) is 0 Å². The Morgan fingerprint density at radius 2 is 1.88 bits per heavy atom. The van der Waals surface area contributed by atoms with E-state index >= 15 is 0 Å². The molecule has 92 valence electrons. The van der Waals surface area contributed by atoms with Crippen LogP contribution in [0, 0.1) is 0 Å². The molecule has 0 fully saturated rings. The van der Waals surface area contributed by atoms with Gasteiger partial charge in [0, 0.05) is 6.42 Å². The molecule has 1 rings (SSSR count). The van der Waals surface area contributed by atoms with Gasteiger partial charge in [0.1, 0.15) is 0 Å². The number of aliphatic hydroxyl groups is 1. The van der Waals surface area contributed by atoms with E-state index in [0.29, 0.717) is 6.42 Å². The summed E-state index contributed by atoms with van der Waals surface area (Å²) in [6.45, 7) is 1.02. The van der Waals surface area contributed by atoms with Crippen LogP contribution in [0.4, 0.5) is 0 Å². The molecule has 0 spiro atoms. The maximum absolute atomic E-state index is 11.4. The predicted molar refractivity (Wildman–Crippen MR) is 61.2 cm³/mol. The largest absolute Gasteiger partial charge is 0.478 e. The van der Waals surface area contributed by atoms with Crippen LogP contribution in [0.2, 0.25) is 0 Å². The van der Waals surface area contributed by atoms with Gasteiger partial charge in [0.15, 0.2) is 0 Å². The minimum Gasteiger partial charge on any atom is -0.478 e. The van der Waals surface area contributed by atoms with Gasteiger partial charge < -0.3 is 15.5 Å². The van der Waals surface area contributed by atoms with Gasteiger partial charge in [0.05, 0.1) is 0 Å². The highest BCUT2D eigenvalue weighted by molar-refractivity contribution is 5.85. The summed E-state index contributed by atoms with van der Waals surface area (Å²) in [5, 5.41) is 20.0. The van der Waals surface area contributed by atoms with Crippen LogP contribution in [-0.4, -0.2) is 27.8 Å². The number of carbonyl (C=O) groups excluding carboxylic acids is 1. The van der Waals surface area contributed by atoms with E-state index < -0.39 is 17.6 Å². The lowest BCUT2D eigenvalue weighted by Gasteiger charge is -2.19. The van der Waals surface area contributed by atoms with Crippen LogP contribution in [-0.2, 0) is 16.0 Å². The van der Waals surface area contributed by atoms with Gasteiger partial charge in [0.25, 0.3) is 0 Å². The van der Waals surface area contributed by atoms with Crippen molar-refractivity contribution < 1.29 is 19.8 Å². The number of hydrogen-bond acceptors (Lipinski definition) is 3. The van der Waals surface area contributed by atoms with Crippen molar-refractivity contribution in [3.05, 3.63) is 35.9 Å². The highest BCUT2D eigenvalue weighted by Crippen LogP contribution is 2.04. The van der Waals surface area contributed by atoms with E-state index in [1.807, 2.05) is 35.6 Å². The number of rotatable bonds is 5. The standard InChI is InChI=1S/C12H15NO4/c1-12(17,11(15)16)13-10(14)8-7-9-5-3-2-4-6-9/h2-6,17H,7-8H2,1H3,(H,13,14)(H,15,16). The van der Waals surface area contributed by atoms with Crippen molar-refractivity contribution in [3.63, 3.8) is 0 Å². The molecule has 1 unspecified atom stereocenters. The number of carbonyl (C=O) groups is 2. The fraction of sp³-hybridized carbons (Fsp3) is 0.333. The molecule has 0 radical (unpaired) electrons. The zero-order valence-corrected chi connectivity index (χ0v) is 9.51. The molecule has 0 aliphatic rings. The van der Waals surface area contributed by atoms with Gasteiger partial charge in [-0.1, -0.05) is 30.3 Å². The lowest BCUT2D eigenvalue weighted by molar-refractivity contribution is -0.163. The van der Waals surface area contributed by atoms with Gasteiger partial charge in [-0.3, -0.25) is 4.79 Å². The average molecular weight is 237 g/mol. The fourth-order valence-corrected chi connectivity index (χ4v) is 1.29. The molecule has 1 amide bonds. The topological polar surface area (TPSA) is 86.6 Å². The molecule has 17 heavy (non-hydrogen) atoms. The third-order valence-corrected chi connectivity index (χ3v) is 2.28. The molecule has 0 heterocycles. The van der Waals surface area contributed by atoms with Gasteiger partial charge in [-0.25, -0.2) is 4.79 Å². The monoisotopic (exact) mass is 237 g/mol. The SMILES string of the molecule is CC(O)(NC(=O)CCc1ccccc1)C(=O)O. The second-order valence-electron chi connectivity index (χ2n) is 3.91. The first-order valence-corrected chi connectivity index (χ1v) is 5.22. The molecule has 5 nitrogen and oxygen atoms in total. The summed E-state index contributed by atoms with van der Waals surface area (Å²) in [5.41, 5.74) is -1.23. The van der Waals surface area contributed by atoms with Crippen molar-refractivity contribution in [2.45, 2.75) is 25.5 Å². The lowest BCUT2D eigenvalue weighted by Crippen LogP contribution is -2.52. The van der Waals surface area contributed by atoms with Crippen molar-refractivity contribution in [1.82, 2.24) is 5.32 Å². The molecule has 0 bridgehead atoms. The molecule has 0 aliphatic carbocycles. The van der Waals surface area contributed by atoms with E-state index in [9.17, 15) is 14.7 Å². The number of aryl methyl sites for hydroxylation is 1. The molecular formula is C12H15NO4. The van der Waals surface area contributed by atoms with E-state index in [4.69, 9.17) is 5.11 Å². The lowest BCUT2D eigenvalue weighted by atomic mass is 10.1. The van der Waals surface area contributed by atoms with Gasteiger partial charge in [-0.15, -0.1) is 0 Å². The molecule has 5 heteroatoms. The Morgan fingerprint density at radius 1 is 1.29 bits per heavy atom. The van der Waals surface area contributed by atoms with Gasteiger partial charge in [0.2, 0.25) is 11.6 Å². The Labute approximate surface area is 99.1 Å². The van der Waals surface area contributed by atoms with Crippen molar-refractivity contribution in [3.8, 4) is 0 Å². The first-order valence-electron chi connectivity index (χ1n) is 5.22. The molecule has 0 saturated heterocycles. The second-order valence-corrected chi connectivity index (χ2v) is 3.91. The zero-order chi connectivity index (χ0) is 12.9. The Balaban J connectivity index is 2.44. The van der Waals surface area contributed by atoms with Crippen molar-refractivity contribution >= 4 is 11.9 Å². The van der Waals surface area contributed by atoms with Gasteiger partial charge in [-0.2, -0.15) is 0 Å². The summed E-state index contributed by atoms with van der Waals surface area (Å²) in [6, 6.07) is 9.35. The number of carboxylic acid groups (broad SMARTS) is 1. The van der Waals surface area contributed by atoms with Crippen LogP contribution in [0.15, 0.2) is 30.3 Å². The maximum atomic E-state index is 11.4. The number of aliphatic carboxylic acids is 1. The normalized spacial score (nSPS) is 13.8. The van der Waals surface area contributed by atoms with Crippen LogP contribution in [0.25, 0.3) is 0 Å². The number of nitrogens with one attached hydrogen (secondary N) is 1. The van der Waals surface area contributed by atoms with E-state index in [1.54, 1.807) is 0 Å². The number of hydrogen-bond donors (Lipinski definition) is 3. The maximum Gasteiger partial charge on any atom is 0.356 e. The number of carboxylic acids is 1. The van der Waals surface area contributed by atoms with E-state index in [0.717, 1.165) is 12.5 Å². The van der Waals surface area contributed by atoms with E-state index in [-0.39, 0.29) is 6.42 Å². The van der Waals surface area contributed by atoms with Crippen LogP contribution in [0.5, 0.6) is 0 Å². The zero-order valence-electron chi connectivity index (χ0n) is 9.51. The first-order chi connectivity index (χ1) is 7.92. The summed E-state index contributed by atoms with van der Waals surface area (Å²) in [5.74, 6) is -1.98. The minimum atomic E-state index is -2.21. The van der Waals surface area contributed by atoms with Gasteiger partial charge in [-0.05, 0) is 18.9 Å². The highest BCUT2D eigenvalue weighted by atomic mass is 16.4. The predicted octanol–water partition coefficient (Wildman–Crippen LogP) is 0.528. The summed E-state index contributed by atoms with van der Waals surface area (Å²) >= 11 is 0. The second kappa shape index (κ2) is 5.45.